The second-order valence-corrected chi connectivity index (χ2v) is 5.42. The van der Waals surface area contributed by atoms with Gasteiger partial charge in [-0.3, -0.25) is 5.10 Å². The molecule has 1 fully saturated rings. The number of rotatable bonds is 6. The molecule has 0 amide bonds. The second kappa shape index (κ2) is 6.88. The van der Waals surface area contributed by atoms with E-state index in [1.165, 1.54) is 32.1 Å². The van der Waals surface area contributed by atoms with E-state index in [2.05, 4.69) is 34.3 Å². The van der Waals surface area contributed by atoms with Crippen molar-refractivity contribution in [3.05, 3.63) is 12.2 Å². The monoisotopic (exact) mass is 250 g/mol. The number of nitrogens with zero attached hydrogens (tertiary/aromatic N) is 2. The van der Waals surface area contributed by atoms with Gasteiger partial charge in [-0.15, -0.1) is 0 Å². The van der Waals surface area contributed by atoms with Gasteiger partial charge in [0.25, 0.3) is 0 Å². The molecule has 2 N–H and O–H groups in total. The van der Waals surface area contributed by atoms with Crippen LogP contribution in [0.2, 0.25) is 0 Å². The first kappa shape index (κ1) is 13.5. The molecule has 0 radical (unpaired) electrons. The van der Waals surface area contributed by atoms with Crippen molar-refractivity contribution in [2.75, 3.05) is 6.54 Å². The van der Waals surface area contributed by atoms with E-state index >= 15 is 0 Å². The molecular weight excluding hydrogens is 224 g/mol. The molecular formula is C14H26N4. The van der Waals surface area contributed by atoms with E-state index in [4.69, 9.17) is 0 Å². The Kier molecular flexibility index (Phi) is 5.17. The third-order valence-corrected chi connectivity index (χ3v) is 4.26. The van der Waals surface area contributed by atoms with Crippen molar-refractivity contribution < 1.29 is 0 Å². The van der Waals surface area contributed by atoms with Crippen molar-refractivity contribution in [1.82, 2.24) is 20.5 Å². The smallest absolute Gasteiger partial charge is 0.141 e. The van der Waals surface area contributed by atoms with Crippen LogP contribution in [0.4, 0.5) is 0 Å². The van der Waals surface area contributed by atoms with Crippen LogP contribution in [0.15, 0.2) is 6.33 Å². The average Bonchev–Trinajstić information content (AvgIpc) is 2.94. The maximum Gasteiger partial charge on any atom is 0.141 e. The van der Waals surface area contributed by atoms with E-state index in [-0.39, 0.29) is 0 Å². The van der Waals surface area contributed by atoms with Crippen LogP contribution in [0, 0.1) is 11.8 Å². The number of hydrogen-bond donors (Lipinski definition) is 2. The normalized spacial score (nSPS) is 26.1. The topological polar surface area (TPSA) is 53.6 Å². The fraction of sp³-hybridized carbons (Fsp3) is 0.857. The summed E-state index contributed by atoms with van der Waals surface area (Å²) in [7, 11) is 0. The van der Waals surface area contributed by atoms with Gasteiger partial charge in [0, 0.05) is 0 Å². The van der Waals surface area contributed by atoms with Crippen LogP contribution in [0.25, 0.3) is 0 Å². The van der Waals surface area contributed by atoms with Gasteiger partial charge < -0.3 is 5.32 Å². The lowest BCUT2D eigenvalue weighted by Gasteiger charge is -2.36. The van der Waals surface area contributed by atoms with Crippen LogP contribution in [-0.4, -0.2) is 21.7 Å². The Hall–Kier alpha value is -0.900. The van der Waals surface area contributed by atoms with Gasteiger partial charge in [-0.1, -0.05) is 39.5 Å². The second-order valence-electron chi connectivity index (χ2n) is 5.42. The molecule has 0 bridgehead atoms. The van der Waals surface area contributed by atoms with Crippen LogP contribution < -0.4 is 5.32 Å². The summed E-state index contributed by atoms with van der Waals surface area (Å²) in [6.45, 7) is 5.58. The highest BCUT2D eigenvalue weighted by molar-refractivity contribution is 4.97. The molecule has 102 valence electrons. The first-order valence-corrected chi connectivity index (χ1v) is 7.45. The molecule has 1 saturated carbocycles. The van der Waals surface area contributed by atoms with Crippen LogP contribution in [0.1, 0.15) is 64.2 Å². The highest BCUT2D eigenvalue weighted by atomic mass is 15.2. The number of aromatic nitrogens is 3. The summed E-state index contributed by atoms with van der Waals surface area (Å²) in [6, 6.07) is 0.359. The molecule has 2 rings (SSSR count). The first-order valence-electron chi connectivity index (χ1n) is 7.45. The Morgan fingerprint density at radius 1 is 1.39 bits per heavy atom. The molecule has 1 aliphatic carbocycles. The molecule has 0 aliphatic heterocycles. The molecule has 18 heavy (non-hydrogen) atoms. The number of H-pyrrole nitrogens is 1. The molecule has 0 aromatic carbocycles. The zero-order valence-electron chi connectivity index (χ0n) is 11.7. The Balaban J connectivity index is 2.11. The molecule has 0 spiro atoms. The van der Waals surface area contributed by atoms with Gasteiger partial charge in [0.15, 0.2) is 0 Å². The van der Waals surface area contributed by atoms with Crippen LogP contribution in [0.3, 0.4) is 0 Å². The van der Waals surface area contributed by atoms with Crippen LogP contribution in [0.5, 0.6) is 0 Å². The number of nitrogens with one attached hydrogen (secondary N) is 2. The van der Waals surface area contributed by atoms with Crippen molar-refractivity contribution in [2.45, 2.75) is 58.4 Å². The molecule has 1 aromatic heterocycles. The number of aromatic amines is 1. The van der Waals surface area contributed by atoms with E-state index < -0.39 is 0 Å². The zero-order chi connectivity index (χ0) is 12.8. The summed E-state index contributed by atoms with van der Waals surface area (Å²) in [4.78, 5) is 4.38. The fourth-order valence-electron chi connectivity index (χ4n) is 3.30. The van der Waals surface area contributed by atoms with Gasteiger partial charge in [0.1, 0.15) is 12.2 Å². The molecule has 1 aliphatic rings. The third kappa shape index (κ3) is 3.10. The van der Waals surface area contributed by atoms with E-state index in [9.17, 15) is 0 Å². The van der Waals surface area contributed by atoms with Crippen molar-refractivity contribution in [2.24, 2.45) is 11.8 Å². The van der Waals surface area contributed by atoms with E-state index in [1.54, 1.807) is 6.33 Å². The first-order chi connectivity index (χ1) is 8.86. The molecule has 0 saturated heterocycles. The average molecular weight is 250 g/mol. The maximum absolute atomic E-state index is 4.38. The fourth-order valence-corrected chi connectivity index (χ4v) is 3.30. The van der Waals surface area contributed by atoms with Crippen LogP contribution >= 0.6 is 0 Å². The highest BCUT2D eigenvalue weighted by Crippen LogP contribution is 2.39. The van der Waals surface area contributed by atoms with Crippen molar-refractivity contribution in [1.29, 1.82) is 0 Å². The minimum atomic E-state index is 0.359. The maximum atomic E-state index is 4.38. The molecule has 3 unspecified atom stereocenters. The van der Waals surface area contributed by atoms with E-state index in [0.29, 0.717) is 12.0 Å². The van der Waals surface area contributed by atoms with Gasteiger partial charge in [-0.25, -0.2) is 4.98 Å². The third-order valence-electron chi connectivity index (χ3n) is 4.26. The molecule has 4 nitrogen and oxygen atoms in total. The summed E-state index contributed by atoms with van der Waals surface area (Å²) < 4.78 is 0. The van der Waals surface area contributed by atoms with Gasteiger partial charge in [0.2, 0.25) is 0 Å². The standard InChI is InChI=1S/C14H26N4/c1-3-9-15-13(14-16-10-17-18-14)12-8-6-5-7-11(12)4-2/h10-13,15H,3-9H2,1-2H3,(H,16,17,18). The minimum absolute atomic E-state index is 0.359. The van der Waals surface area contributed by atoms with Crippen molar-refractivity contribution >= 4 is 0 Å². The summed E-state index contributed by atoms with van der Waals surface area (Å²) in [5.74, 6) is 2.57. The van der Waals surface area contributed by atoms with E-state index in [0.717, 1.165) is 24.7 Å². The summed E-state index contributed by atoms with van der Waals surface area (Å²) >= 11 is 0. The predicted octanol–water partition coefficient (Wildman–Crippen LogP) is 3.06. The van der Waals surface area contributed by atoms with Crippen molar-refractivity contribution in [3.8, 4) is 0 Å². The summed E-state index contributed by atoms with van der Waals surface area (Å²) in [5, 5.41) is 10.8. The Labute approximate surface area is 110 Å². The largest absolute Gasteiger partial charge is 0.307 e. The minimum Gasteiger partial charge on any atom is -0.307 e. The van der Waals surface area contributed by atoms with Gasteiger partial charge in [0.05, 0.1) is 6.04 Å². The Morgan fingerprint density at radius 2 is 2.22 bits per heavy atom. The SMILES string of the molecule is CCCNC(c1ncn[nH]1)C1CCCCC1CC. The summed E-state index contributed by atoms with van der Waals surface area (Å²) in [5.41, 5.74) is 0. The van der Waals surface area contributed by atoms with Gasteiger partial charge in [-0.05, 0) is 31.2 Å². The highest BCUT2D eigenvalue weighted by Gasteiger charge is 2.32. The Bertz CT molecular complexity index is 323. The van der Waals surface area contributed by atoms with Gasteiger partial charge in [-0.2, -0.15) is 5.10 Å². The zero-order valence-corrected chi connectivity index (χ0v) is 11.7. The molecule has 3 atom stereocenters. The lowest BCUT2D eigenvalue weighted by molar-refractivity contribution is 0.171. The lowest BCUT2D eigenvalue weighted by atomic mass is 9.73. The van der Waals surface area contributed by atoms with Crippen LogP contribution in [-0.2, 0) is 0 Å². The Morgan fingerprint density at radius 3 is 2.89 bits per heavy atom. The number of hydrogen-bond acceptors (Lipinski definition) is 3. The molecule has 1 aromatic rings. The molecule has 1 heterocycles. The van der Waals surface area contributed by atoms with Crippen molar-refractivity contribution in [3.63, 3.8) is 0 Å². The predicted molar refractivity (Wildman–Crippen MR) is 73.2 cm³/mol. The summed E-state index contributed by atoms with van der Waals surface area (Å²) in [6.07, 6.45) is 9.52. The van der Waals surface area contributed by atoms with Gasteiger partial charge >= 0.3 is 0 Å². The lowest BCUT2D eigenvalue weighted by Crippen LogP contribution is -2.35. The van der Waals surface area contributed by atoms with E-state index in [1.807, 2.05) is 0 Å². The quantitative estimate of drug-likeness (QED) is 0.816. The molecule has 4 heteroatoms.